The van der Waals surface area contributed by atoms with E-state index in [0.717, 1.165) is 0 Å². The van der Waals surface area contributed by atoms with Gasteiger partial charge in [-0.05, 0) is 54.7 Å². The molecule has 0 aliphatic rings. The van der Waals surface area contributed by atoms with Gasteiger partial charge in [0.15, 0.2) is 11.7 Å². The summed E-state index contributed by atoms with van der Waals surface area (Å²) in [5.74, 6) is -0.284. The van der Waals surface area contributed by atoms with E-state index < -0.39 is 5.91 Å². The second-order valence-corrected chi connectivity index (χ2v) is 5.22. The summed E-state index contributed by atoms with van der Waals surface area (Å²) in [6, 6.07) is 12.3. The molecule has 0 saturated carbocycles. The summed E-state index contributed by atoms with van der Waals surface area (Å²) in [6.45, 7) is -0.202. The fourth-order valence-corrected chi connectivity index (χ4v) is 1.91. The SMILES string of the molecule is O=C(COc1cccc(Cl)c1)NNC(=S)Nc1ccc(F)cc1. The first-order chi connectivity index (χ1) is 11.0. The molecule has 0 aliphatic heterocycles. The van der Waals surface area contributed by atoms with Crippen LogP contribution in [0.25, 0.3) is 0 Å². The number of benzene rings is 2. The van der Waals surface area contributed by atoms with E-state index in [0.29, 0.717) is 16.5 Å². The van der Waals surface area contributed by atoms with E-state index in [9.17, 15) is 9.18 Å². The zero-order valence-electron chi connectivity index (χ0n) is 11.8. The average Bonchev–Trinajstić information content (AvgIpc) is 2.53. The number of thiocarbonyl (C=S) groups is 1. The van der Waals surface area contributed by atoms with Gasteiger partial charge in [-0.15, -0.1) is 0 Å². The number of ether oxygens (including phenoxy) is 1. The van der Waals surface area contributed by atoms with Crippen LogP contribution in [-0.2, 0) is 4.79 Å². The lowest BCUT2D eigenvalue weighted by molar-refractivity contribution is -0.123. The van der Waals surface area contributed by atoms with E-state index >= 15 is 0 Å². The minimum atomic E-state index is -0.423. The molecular weight excluding hydrogens is 341 g/mol. The summed E-state index contributed by atoms with van der Waals surface area (Å²) < 4.78 is 18.0. The molecule has 0 radical (unpaired) electrons. The predicted molar refractivity (Wildman–Crippen MR) is 90.8 cm³/mol. The highest BCUT2D eigenvalue weighted by Crippen LogP contribution is 2.16. The molecule has 0 atom stereocenters. The van der Waals surface area contributed by atoms with E-state index in [-0.39, 0.29) is 17.5 Å². The van der Waals surface area contributed by atoms with Crippen molar-refractivity contribution in [2.75, 3.05) is 11.9 Å². The van der Waals surface area contributed by atoms with Gasteiger partial charge in [0.1, 0.15) is 11.6 Å². The number of nitrogens with one attached hydrogen (secondary N) is 3. The van der Waals surface area contributed by atoms with E-state index in [1.54, 1.807) is 24.3 Å². The van der Waals surface area contributed by atoms with Gasteiger partial charge in [0.2, 0.25) is 0 Å². The van der Waals surface area contributed by atoms with E-state index in [4.69, 9.17) is 28.6 Å². The van der Waals surface area contributed by atoms with Crippen LogP contribution in [0.4, 0.5) is 10.1 Å². The van der Waals surface area contributed by atoms with Crippen molar-refractivity contribution in [3.05, 3.63) is 59.4 Å². The molecule has 5 nitrogen and oxygen atoms in total. The molecule has 0 bridgehead atoms. The summed E-state index contributed by atoms with van der Waals surface area (Å²) in [5, 5.41) is 3.47. The Balaban J connectivity index is 1.71. The number of hydrazine groups is 1. The summed E-state index contributed by atoms with van der Waals surface area (Å²) in [6.07, 6.45) is 0. The van der Waals surface area contributed by atoms with Crippen molar-refractivity contribution in [1.29, 1.82) is 0 Å². The summed E-state index contributed by atoms with van der Waals surface area (Å²) >= 11 is 10.8. The monoisotopic (exact) mass is 353 g/mol. The number of halogens is 2. The number of hydrogen-bond acceptors (Lipinski definition) is 3. The smallest absolute Gasteiger partial charge is 0.276 e. The standard InChI is InChI=1S/C15H13ClFN3O2S/c16-10-2-1-3-13(8-10)22-9-14(21)19-20-15(23)18-12-6-4-11(17)5-7-12/h1-8H,9H2,(H,19,21)(H2,18,20,23). The quantitative estimate of drug-likeness (QED) is 0.583. The molecule has 0 aromatic heterocycles. The van der Waals surface area contributed by atoms with Crippen molar-refractivity contribution < 1.29 is 13.9 Å². The maximum atomic E-state index is 12.8. The first-order valence-corrected chi connectivity index (χ1v) is 7.31. The molecule has 8 heteroatoms. The van der Waals surface area contributed by atoms with Crippen LogP contribution in [0, 0.1) is 5.82 Å². The van der Waals surface area contributed by atoms with Crippen molar-refractivity contribution in [3.8, 4) is 5.75 Å². The first-order valence-electron chi connectivity index (χ1n) is 6.53. The van der Waals surface area contributed by atoms with Crippen molar-refractivity contribution in [2.24, 2.45) is 0 Å². The topological polar surface area (TPSA) is 62.4 Å². The van der Waals surface area contributed by atoms with Crippen LogP contribution >= 0.6 is 23.8 Å². The van der Waals surface area contributed by atoms with Crippen LogP contribution in [0.1, 0.15) is 0 Å². The lowest BCUT2D eigenvalue weighted by Crippen LogP contribution is -2.45. The van der Waals surface area contributed by atoms with Crippen LogP contribution in [0.2, 0.25) is 5.02 Å². The Bertz CT molecular complexity index is 697. The Morgan fingerprint density at radius 3 is 2.61 bits per heavy atom. The molecule has 0 aliphatic carbocycles. The molecule has 2 aromatic carbocycles. The minimum Gasteiger partial charge on any atom is -0.484 e. The summed E-state index contributed by atoms with van der Waals surface area (Å²) in [5.41, 5.74) is 5.48. The van der Waals surface area contributed by atoms with Crippen molar-refractivity contribution in [1.82, 2.24) is 10.9 Å². The molecular formula is C15H13ClFN3O2S. The van der Waals surface area contributed by atoms with Gasteiger partial charge < -0.3 is 10.1 Å². The van der Waals surface area contributed by atoms with Gasteiger partial charge in [0.05, 0.1) is 0 Å². The van der Waals surface area contributed by atoms with Crippen molar-refractivity contribution in [2.45, 2.75) is 0 Å². The van der Waals surface area contributed by atoms with Crippen LogP contribution in [0.3, 0.4) is 0 Å². The van der Waals surface area contributed by atoms with Gasteiger partial charge in [-0.3, -0.25) is 15.6 Å². The zero-order valence-corrected chi connectivity index (χ0v) is 13.4. The summed E-state index contributed by atoms with van der Waals surface area (Å²) in [4.78, 5) is 11.6. The number of carbonyl (C=O) groups excluding carboxylic acids is 1. The zero-order chi connectivity index (χ0) is 16.7. The highest BCUT2D eigenvalue weighted by atomic mass is 35.5. The van der Waals surface area contributed by atoms with Gasteiger partial charge in [0.25, 0.3) is 5.91 Å². The lowest BCUT2D eigenvalue weighted by atomic mass is 10.3. The van der Waals surface area contributed by atoms with Gasteiger partial charge in [-0.1, -0.05) is 17.7 Å². The normalized spacial score (nSPS) is 9.83. The Hall–Kier alpha value is -2.38. The second-order valence-electron chi connectivity index (χ2n) is 4.38. The lowest BCUT2D eigenvalue weighted by Gasteiger charge is -2.12. The van der Waals surface area contributed by atoms with Crippen LogP contribution in [0.5, 0.6) is 5.75 Å². The Morgan fingerprint density at radius 2 is 1.91 bits per heavy atom. The molecule has 1 amide bonds. The maximum Gasteiger partial charge on any atom is 0.276 e. The molecule has 120 valence electrons. The Labute approximate surface area is 142 Å². The number of carbonyl (C=O) groups is 1. The third kappa shape index (κ3) is 6.09. The molecule has 0 saturated heterocycles. The molecule has 3 N–H and O–H groups in total. The first kappa shape index (κ1) is 17.0. The van der Waals surface area contributed by atoms with E-state index in [1.807, 2.05) is 0 Å². The van der Waals surface area contributed by atoms with Crippen molar-refractivity contribution in [3.63, 3.8) is 0 Å². The van der Waals surface area contributed by atoms with Gasteiger partial charge in [0, 0.05) is 10.7 Å². The van der Waals surface area contributed by atoms with Gasteiger partial charge >= 0.3 is 0 Å². The number of anilines is 1. The molecule has 23 heavy (non-hydrogen) atoms. The van der Waals surface area contributed by atoms with Crippen molar-refractivity contribution >= 4 is 40.5 Å². The fourth-order valence-electron chi connectivity index (χ4n) is 1.56. The number of amides is 1. The number of hydrogen-bond donors (Lipinski definition) is 3. The molecule has 0 fully saturated rings. The molecule has 2 aromatic rings. The third-order valence-electron chi connectivity index (χ3n) is 2.58. The maximum absolute atomic E-state index is 12.8. The Morgan fingerprint density at radius 1 is 1.17 bits per heavy atom. The second kappa shape index (κ2) is 8.30. The fraction of sp³-hybridized carbons (Fsp3) is 0.0667. The van der Waals surface area contributed by atoms with Gasteiger partial charge in [-0.25, -0.2) is 4.39 Å². The molecule has 2 rings (SSSR count). The van der Waals surface area contributed by atoms with Crippen LogP contribution < -0.4 is 20.9 Å². The molecule has 0 heterocycles. The molecule has 0 spiro atoms. The highest BCUT2D eigenvalue weighted by Gasteiger charge is 2.04. The third-order valence-corrected chi connectivity index (χ3v) is 3.02. The summed E-state index contributed by atoms with van der Waals surface area (Å²) in [7, 11) is 0. The number of rotatable bonds is 4. The van der Waals surface area contributed by atoms with Gasteiger partial charge in [-0.2, -0.15) is 0 Å². The van der Waals surface area contributed by atoms with E-state index in [2.05, 4.69) is 16.2 Å². The van der Waals surface area contributed by atoms with Crippen LogP contribution in [-0.4, -0.2) is 17.6 Å². The predicted octanol–water partition coefficient (Wildman–Crippen LogP) is 2.88. The average molecular weight is 354 g/mol. The molecule has 0 unspecified atom stereocenters. The Kier molecular flexibility index (Phi) is 6.13. The largest absolute Gasteiger partial charge is 0.484 e. The van der Waals surface area contributed by atoms with Crippen LogP contribution in [0.15, 0.2) is 48.5 Å². The van der Waals surface area contributed by atoms with E-state index in [1.165, 1.54) is 24.3 Å². The highest BCUT2D eigenvalue weighted by molar-refractivity contribution is 7.80. The minimum absolute atomic E-state index is 0.160.